The molecule has 0 aliphatic heterocycles. The van der Waals surface area contributed by atoms with Crippen molar-refractivity contribution in [1.29, 1.82) is 0 Å². The van der Waals surface area contributed by atoms with Crippen molar-refractivity contribution in [2.45, 2.75) is 6.92 Å². The van der Waals surface area contributed by atoms with Gasteiger partial charge in [0.15, 0.2) is 10.6 Å². The first-order valence-corrected chi connectivity index (χ1v) is 6.66. The highest BCUT2D eigenvalue weighted by atomic mass is 79.9. The number of halogens is 1. The molecule has 0 spiro atoms. The summed E-state index contributed by atoms with van der Waals surface area (Å²) in [6.07, 6.45) is 0. The molecule has 0 N–H and O–H groups in total. The Morgan fingerprint density at radius 1 is 1.47 bits per heavy atom. The standard InChI is InChI=1S/C10H12BrNO3S2/c1-5-6(11)7(15-10(16)12(2)3)8(17-5)9(13)14-4/h1-4H3. The third-order valence-electron chi connectivity index (χ3n) is 1.90. The minimum absolute atomic E-state index is 0.286. The van der Waals surface area contributed by atoms with Crippen LogP contribution in [0, 0.1) is 6.92 Å². The van der Waals surface area contributed by atoms with Crippen LogP contribution in [0.1, 0.15) is 14.5 Å². The number of carbonyl (C=O) groups excluding carboxylic acids is 1. The number of hydrogen-bond acceptors (Lipinski definition) is 5. The average Bonchev–Trinajstić information content (AvgIpc) is 2.56. The lowest BCUT2D eigenvalue weighted by Crippen LogP contribution is -2.25. The molecular weight excluding hydrogens is 326 g/mol. The lowest BCUT2D eigenvalue weighted by Gasteiger charge is -2.14. The quantitative estimate of drug-likeness (QED) is 0.612. The van der Waals surface area contributed by atoms with Gasteiger partial charge < -0.3 is 14.4 Å². The summed E-state index contributed by atoms with van der Waals surface area (Å²) in [4.78, 5) is 14.6. The van der Waals surface area contributed by atoms with Crippen molar-refractivity contribution in [1.82, 2.24) is 4.90 Å². The lowest BCUT2D eigenvalue weighted by molar-refractivity contribution is 0.0604. The van der Waals surface area contributed by atoms with E-state index in [1.165, 1.54) is 18.4 Å². The Balaban J connectivity index is 3.12. The fraction of sp³-hybridized carbons (Fsp3) is 0.400. The number of ether oxygens (including phenoxy) is 2. The predicted molar refractivity (Wildman–Crippen MR) is 75.0 cm³/mol. The SMILES string of the molecule is COC(=O)c1sc(C)c(Br)c1OC(=S)N(C)C. The van der Waals surface area contributed by atoms with Crippen LogP contribution in [0.25, 0.3) is 0 Å². The molecule has 0 unspecified atom stereocenters. The number of methoxy groups -OCH3 is 1. The van der Waals surface area contributed by atoms with Crippen molar-refractivity contribution < 1.29 is 14.3 Å². The van der Waals surface area contributed by atoms with E-state index < -0.39 is 5.97 Å². The molecule has 0 aromatic carbocycles. The minimum atomic E-state index is -0.430. The van der Waals surface area contributed by atoms with Crippen molar-refractivity contribution in [2.24, 2.45) is 0 Å². The zero-order chi connectivity index (χ0) is 13.2. The van der Waals surface area contributed by atoms with Crippen LogP contribution < -0.4 is 4.74 Å². The first-order chi connectivity index (χ1) is 7.88. The molecule has 0 atom stereocenters. The summed E-state index contributed by atoms with van der Waals surface area (Å²) < 4.78 is 10.9. The molecule has 0 aliphatic carbocycles. The van der Waals surface area contributed by atoms with Gasteiger partial charge in [-0.25, -0.2) is 4.79 Å². The second-order valence-electron chi connectivity index (χ2n) is 3.38. The Morgan fingerprint density at radius 2 is 2.06 bits per heavy atom. The monoisotopic (exact) mass is 337 g/mol. The number of hydrogen-bond donors (Lipinski definition) is 0. The van der Waals surface area contributed by atoms with Crippen LogP contribution in [0.2, 0.25) is 0 Å². The molecule has 0 aliphatic rings. The summed E-state index contributed by atoms with van der Waals surface area (Å²) in [5.74, 6) is -0.0154. The molecule has 17 heavy (non-hydrogen) atoms. The van der Waals surface area contributed by atoms with Crippen molar-refractivity contribution in [3.8, 4) is 5.75 Å². The number of thiophene rings is 1. The fourth-order valence-corrected chi connectivity index (χ4v) is 2.63. The Hall–Kier alpha value is -0.660. The number of aryl methyl sites for hydroxylation is 1. The molecule has 0 radical (unpaired) electrons. The van der Waals surface area contributed by atoms with Crippen LogP contribution in [0.15, 0.2) is 4.47 Å². The topological polar surface area (TPSA) is 38.8 Å². The van der Waals surface area contributed by atoms with Gasteiger partial charge in [0.25, 0.3) is 5.17 Å². The smallest absolute Gasteiger partial charge is 0.351 e. The maximum absolute atomic E-state index is 11.6. The van der Waals surface area contributed by atoms with Gasteiger partial charge in [-0.05, 0) is 35.1 Å². The van der Waals surface area contributed by atoms with E-state index in [9.17, 15) is 4.79 Å². The summed E-state index contributed by atoms with van der Waals surface area (Å²) in [5.41, 5.74) is 0. The van der Waals surface area contributed by atoms with Crippen molar-refractivity contribution in [2.75, 3.05) is 21.2 Å². The van der Waals surface area contributed by atoms with E-state index in [4.69, 9.17) is 21.7 Å². The van der Waals surface area contributed by atoms with Gasteiger partial charge in [0, 0.05) is 19.0 Å². The van der Waals surface area contributed by atoms with E-state index in [1.807, 2.05) is 6.92 Å². The molecule has 1 aromatic rings. The molecule has 0 bridgehead atoms. The number of rotatable bonds is 2. The van der Waals surface area contributed by atoms with Crippen molar-refractivity contribution in [3.05, 3.63) is 14.2 Å². The molecule has 0 amide bonds. The highest BCUT2D eigenvalue weighted by Gasteiger charge is 2.23. The number of carbonyl (C=O) groups is 1. The second-order valence-corrected chi connectivity index (χ2v) is 5.75. The molecular formula is C10H12BrNO3S2. The average molecular weight is 338 g/mol. The molecule has 1 rings (SSSR count). The summed E-state index contributed by atoms with van der Waals surface area (Å²) >= 11 is 9.73. The van der Waals surface area contributed by atoms with Crippen LogP contribution >= 0.6 is 39.5 Å². The minimum Gasteiger partial charge on any atom is -0.465 e. The van der Waals surface area contributed by atoms with E-state index in [0.29, 0.717) is 10.6 Å². The Labute approximate surface area is 118 Å². The largest absolute Gasteiger partial charge is 0.465 e. The van der Waals surface area contributed by atoms with Gasteiger partial charge in [-0.15, -0.1) is 11.3 Å². The fourth-order valence-electron chi connectivity index (χ4n) is 1.00. The van der Waals surface area contributed by atoms with Gasteiger partial charge in [-0.1, -0.05) is 0 Å². The van der Waals surface area contributed by atoms with Crippen molar-refractivity contribution in [3.63, 3.8) is 0 Å². The van der Waals surface area contributed by atoms with E-state index in [1.54, 1.807) is 19.0 Å². The van der Waals surface area contributed by atoms with Crippen LogP contribution in [-0.4, -0.2) is 37.2 Å². The third kappa shape index (κ3) is 3.17. The number of thiocarbonyl (C=S) groups is 1. The maximum Gasteiger partial charge on any atom is 0.351 e. The van der Waals surface area contributed by atoms with Crippen LogP contribution in [0.5, 0.6) is 5.75 Å². The molecule has 0 saturated carbocycles. The van der Waals surface area contributed by atoms with Gasteiger partial charge >= 0.3 is 5.97 Å². The van der Waals surface area contributed by atoms with E-state index in [-0.39, 0.29) is 5.17 Å². The first-order valence-electron chi connectivity index (χ1n) is 4.64. The molecule has 0 saturated heterocycles. The summed E-state index contributed by atoms with van der Waals surface area (Å²) in [6.45, 7) is 1.88. The Kier molecular flexibility index (Phi) is 4.91. The summed E-state index contributed by atoms with van der Waals surface area (Å²) in [7, 11) is 4.87. The molecule has 1 aromatic heterocycles. The first kappa shape index (κ1) is 14.4. The van der Waals surface area contributed by atoms with Gasteiger partial charge in [0.1, 0.15) is 0 Å². The molecule has 0 fully saturated rings. The normalized spacial score (nSPS) is 9.94. The van der Waals surface area contributed by atoms with Crippen LogP contribution in [-0.2, 0) is 4.74 Å². The zero-order valence-electron chi connectivity index (χ0n) is 9.87. The van der Waals surface area contributed by atoms with Crippen LogP contribution in [0.3, 0.4) is 0 Å². The number of esters is 1. The molecule has 7 heteroatoms. The number of nitrogens with zero attached hydrogens (tertiary/aromatic N) is 1. The maximum atomic E-state index is 11.6. The lowest BCUT2D eigenvalue weighted by atomic mass is 10.4. The van der Waals surface area contributed by atoms with E-state index in [2.05, 4.69) is 15.9 Å². The van der Waals surface area contributed by atoms with Gasteiger partial charge in [0.2, 0.25) is 0 Å². The highest BCUT2D eigenvalue weighted by Crippen LogP contribution is 2.39. The summed E-state index contributed by atoms with van der Waals surface area (Å²) in [5, 5.41) is 0.286. The third-order valence-corrected chi connectivity index (χ3v) is 4.63. The predicted octanol–water partition coefficient (Wildman–Crippen LogP) is 2.83. The van der Waals surface area contributed by atoms with Crippen molar-refractivity contribution >= 4 is 50.6 Å². The molecule has 94 valence electrons. The van der Waals surface area contributed by atoms with Gasteiger partial charge in [-0.2, -0.15) is 0 Å². The second kappa shape index (κ2) is 5.79. The molecule has 1 heterocycles. The van der Waals surface area contributed by atoms with Gasteiger partial charge in [0.05, 0.1) is 11.6 Å². The highest BCUT2D eigenvalue weighted by molar-refractivity contribution is 9.10. The van der Waals surface area contributed by atoms with E-state index >= 15 is 0 Å². The van der Waals surface area contributed by atoms with Gasteiger partial charge in [-0.3, -0.25) is 0 Å². The Bertz CT molecular complexity index is 457. The van der Waals surface area contributed by atoms with Crippen LogP contribution in [0.4, 0.5) is 0 Å². The molecule has 4 nitrogen and oxygen atoms in total. The zero-order valence-corrected chi connectivity index (χ0v) is 13.1. The Morgan fingerprint density at radius 3 is 2.53 bits per heavy atom. The summed E-state index contributed by atoms with van der Waals surface area (Å²) in [6, 6.07) is 0. The van der Waals surface area contributed by atoms with E-state index in [0.717, 1.165) is 9.35 Å².